The first-order chi connectivity index (χ1) is 31.8. The van der Waals surface area contributed by atoms with Crippen molar-refractivity contribution in [2.75, 3.05) is 26.9 Å². The fourth-order valence-corrected chi connectivity index (χ4v) is 9.26. The van der Waals surface area contributed by atoms with Gasteiger partial charge in [0.1, 0.15) is 30.1 Å². The zero-order valence-electron chi connectivity index (χ0n) is 43.6. The molecule has 12 atom stereocenters. The van der Waals surface area contributed by atoms with Crippen molar-refractivity contribution in [1.29, 1.82) is 0 Å². The largest absolute Gasteiger partial charge is 0.460 e. The molecule has 3 aliphatic heterocycles. The normalized spacial score (nSPS) is 35.1. The van der Waals surface area contributed by atoms with Crippen molar-refractivity contribution in [3.05, 3.63) is 47.6 Å². The third-order valence-corrected chi connectivity index (χ3v) is 14.3. The Labute approximate surface area is 407 Å². The summed E-state index contributed by atoms with van der Waals surface area (Å²) in [6.07, 6.45) is 11.2. The molecule has 0 saturated carbocycles. The molecule has 0 spiro atoms. The molecule has 386 valence electrons. The number of aliphatic hydroxyl groups excluding tert-OH is 2. The number of esters is 1. The molecule has 3 aliphatic rings. The van der Waals surface area contributed by atoms with Gasteiger partial charge >= 0.3 is 5.97 Å². The van der Waals surface area contributed by atoms with Crippen LogP contribution >= 0.6 is 0 Å². The average molecular weight is 958 g/mol. The van der Waals surface area contributed by atoms with Crippen molar-refractivity contribution in [2.45, 2.75) is 207 Å². The highest BCUT2D eigenvalue weighted by atomic mass is 16.6. The Hall–Kier alpha value is -3.37. The lowest BCUT2D eigenvalue weighted by Crippen LogP contribution is -2.61. The molecule has 3 rings (SSSR count). The number of hydrogen-bond donors (Lipinski definition) is 3. The number of rotatable bonds is 11. The Kier molecular flexibility index (Phi) is 23.2. The number of hydrogen-bond acceptors (Lipinski definition) is 13. The number of amides is 1. The maximum absolute atomic E-state index is 14.3. The third-order valence-electron chi connectivity index (χ3n) is 14.3. The van der Waals surface area contributed by atoms with Gasteiger partial charge in [0.2, 0.25) is 5.79 Å². The molecule has 3 heterocycles. The van der Waals surface area contributed by atoms with E-state index >= 15 is 0 Å². The van der Waals surface area contributed by atoms with Crippen LogP contribution in [0.25, 0.3) is 0 Å². The van der Waals surface area contributed by atoms with Gasteiger partial charge in [-0.15, -0.1) is 0 Å². The number of Topliss-reactive ketones (excluding diaryl/α,β-unsaturated/α-hetero) is 3. The van der Waals surface area contributed by atoms with Gasteiger partial charge in [0.25, 0.3) is 11.7 Å². The third kappa shape index (κ3) is 16.9. The molecule has 0 aromatic carbocycles. The number of carbonyl (C=O) groups excluding carboxylic acids is 5. The van der Waals surface area contributed by atoms with Crippen LogP contribution in [-0.4, -0.2) is 130 Å². The number of carbonyl (C=O) groups is 5. The summed E-state index contributed by atoms with van der Waals surface area (Å²) in [4.78, 5) is 71.4. The van der Waals surface area contributed by atoms with Crippen LogP contribution in [0.2, 0.25) is 0 Å². The molecule has 2 bridgehead atoms. The SMILES string of the molecule is CC[C@@H](C)[C@@H]1CC(=O)[C@H](C)/C=C(\C)[C@@H](O)[C@@H](OC)C(=O)[C@H](C)C[C@H](C)/C=C/C=C/C=C(\C)C(OC(C)(C)CCOC(C)(C)CCO)C[C@@H]2CC[C@@H](C)[C@@](O)(O2)C(=O)C(=O)N2CCCC[C@H]2C(=O)O1. The number of methoxy groups -OCH3 is 1. The van der Waals surface area contributed by atoms with Gasteiger partial charge in [-0.3, -0.25) is 19.2 Å². The number of ether oxygens (including phenoxy) is 5. The topological polar surface area (TPSA) is 195 Å². The fraction of sp³-hybridized carbons (Fsp3) is 0.759. The first-order valence-corrected chi connectivity index (χ1v) is 25.2. The predicted molar refractivity (Wildman–Crippen MR) is 261 cm³/mol. The van der Waals surface area contributed by atoms with E-state index in [4.69, 9.17) is 23.7 Å². The molecule has 2 fully saturated rings. The van der Waals surface area contributed by atoms with E-state index in [2.05, 4.69) is 0 Å². The van der Waals surface area contributed by atoms with Crippen LogP contribution in [-0.2, 0) is 47.7 Å². The van der Waals surface area contributed by atoms with Crippen molar-refractivity contribution in [3.8, 4) is 0 Å². The fourth-order valence-electron chi connectivity index (χ4n) is 9.26. The Morgan fingerprint density at radius 2 is 1.60 bits per heavy atom. The standard InChI is InChI=1S/C54H87NO13/c1-14-35(3)44-33-43(57)37(5)31-39(7)47(59)48(64-13)46(58)38(6)30-34(2)20-16-15-17-21-36(4)45(68-53(11,12)26-29-65-52(9,10)25-28-56)32-41-24-23-40(8)54(63,67-41)49(60)50(61)55-27-19-18-22-42(55)51(62)66-44/h15-17,20-21,31,34-35,37-38,40-42,44-45,47-48,56,59,63H,14,18-19,22-30,32-33H2,1-13H3/b17-15+,20-16+,36-21+,39-31+/t34-,35-,37-,38-,40-,41+,42+,44+,45?,47-,48+,54-/m1/s1. The van der Waals surface area contributed by atoms with Gasteiger partial charge in [-0.2, -0.15) is 0 Å². The quantitative estimate of drug-likeness (QED) is 0.104. The van der Waals surface area contributed by atoms with E-state index in [0.29, 0.717) is 63.5 Å². The minimum Gasteiger partial charge on any atom is -0.460 e. The molecular weight excluding hydrogens is 871 g/mol. The first-order valence-electron chi connectivity index (χ1n) is 25.2. The van der Waals surface area contributed by atoms with Gasteiger partial charge in [0.05, 0.1) is 30.0 Å². The second-order valence-corrected chi connectivity index (χ2v) is 21.2. The lowest BCUT2D eigenvalue weighted by Gasteiger charge is -2.43. The zero-order chi connectivity index (χ0) is 51.1. The van der Waals surface area contributed by atoms with Crippen LogP contribution in [0.3, 0.4) is 0 Å². The number of aliphatic hydroxyl groups is 3. The summed E-state index contributed by atoms with van der Waals surface area (Å²) >= 11 is 0. The molecule has 2 saturated heterocycles. The molecule has 1 unspecified atom stereocenters. The summed E-state index contributed by atoms with van der Waals surface area (Å²) in [5.74, 6) is -8.00. The van der Waals surface area contributed by atoms with E-state index in [1.54, 1.807) is 26.8 Å². The Balaban J connectivity index is 2.07. The van der Waals surface area contributed by atoms with E-state index < -0.39 is 89.0 Å². The molecule has 68 heavy (non-hydrogen) atoms. The van der Waals surface area contributed by atoms with Crippen molar-refractivity contribution >= 4 is 29.2 Å². The monoisotopic (exact) mass is 958 g/mol. The number of nitrogens with zero attached hydrogens (tertiary/aromatic N) is 1. The molecular formula is C54H87NO13. The zero-order valence-corrected chi connectivity index (χ0v) is 43.6. The summed E-state index contributed by atoms with van der Waals surface area (Å²) in [7, 11) is 1.38. The lowest BCUT2D eigenvalue weighted by atomic mass is 9.85. The highest BCUT2D eigenvalue weighted by Crippen LogP contribution is 2.38. The van der Waals surface area contributed by atoms with Crippen molar-refractivity contribution in [1.82, 2.24) is 4.90 Å². The van der Waals surface area contributed by atoms with E-state index in [0.717, 1.165) is 5.57 Å². The van der Waals surface area contributed by atoms with Gasteiger partial charge < -0.3 is 43.9 Å². The Bertz CT molecular complexity index is 1820. The number of cyclic esters (lactones) is 1. The van der Waals surface area contributed by atoms with Crippen molar-refractivity contribution in [3.63, 3.8) is 0 Å². The molecule has 14 nitrogen and oxygen atoms in total. The van der Waals surface area contributed by atoms with Crippen LogP contribution in [0.1, 0.15) is 154 Å². The van der Waals surface area contributed by atoms with E-state index in [-0.39, 0.29) is 55.8 Å². The van der Waals surface area contributed by atoms with Crippen LogP contribution in [0.4, 0.5) is 0 Å². The highest BCUT2D eigenvalue weighted by molar-refractivity contribution is 6.39. The summed E-state index contributed by atoms with van der Waals surface area (Å²) in [5.41, 5.74) is 0.0265. The second-order valence-electron chi connectivity index (χ2n) is 21.2. The smallest absolute Gasteiger partial charge is 0.329 e. The van der Waals surface area contributed by atoms with E-state index in [9.17, 15) is 39.3 Å². The molecule has 3 N–H and O–H groups in total. The van der Waals surface area contributed by atoms with Gasteiger partial charge in [-0.1, -0.05) is 84.4 Å². The molecule has 0 aromatic heterocycles. The van der Waals surface area contributed by atoms with E-state index in [1.807, 2.05) is 92.7 Å². The van der Waals surface area contributed by atoms with Crippen LogP contribution in [0.15, 0.2) is 47.6 Å². The molecule has 1 amide bonds. The number of ketones is 3. The minimum atomic E-state index is -2.47. The van der Waals surface area contributed by atoms with Crippen LogP contribution in [0.5, 0.6) is 0 Å². The van der Waals surface area contributed by atoms with Gasteiger partial charge in [0, 0.05) is 50.9 Å². The number of fused-ring (bicyclic) bond motifs is 3. The lowest BCUT2D eigenvalue weighted by molar-refractivity contribution is -0.267. The summed E-state index contributed by atoms with van der Waals surface area (Å²) in [6.45, 7) is 22.8. The second kappa shape index (κ2) is 26.7. The molecule has 0 aromatic rings. The van der Waals surface area contributed by atoms with Gasteiger partial charge in [-0.25, -0.2) is 4.79 Å². The average Bonchev–Trinajstić information content (AvgIpc) is 3.28. The maximum Gasteiger partial charge on any atom is 0.329 e. The summed E-state index contributed by atoms with van der Waals surface area (Å²) in [6, 6.07) is -1.12. The molecule has 14 heteroatoms. The number of allylic oxidation sites excluding steroid dienone is 6. The van der Waals surface area contributed by atoms with Crippen molar-refractivity contribution in [2.24, 2.45) is 29.6 Å². The van der Waals surface area contributed by atoms with Gasteiger partial charge in [-0.05, 0) is 116 Å². The first kappa shape index (κ1) is 58.9. The molecule has 0 radical (unpaired) electrons. The maximum atomic E-state index is 14.3. The van der Waals surface area contributed by atoms with Crippen LogP contribution < -0.4 is 0 Å². The highest BCUT2D eigenvalue weighted by Gasteiger charge is 2.53. The van der Waals surface area contributed by atoms with E-state index in [1.165, 1.54) is 12.0 Å². The van der Waals surface area contributed by atoms with Crippen LogP contribution in [0, 0.1) is 29.6 Å². The Morgan fingerprint density at radius 1 is 0.912 bits per heavy atom. The number of piperidine rings is 1. The summed E-state index contributed by atoms with van der Waals surface area (Å²) < 4.78 is 30.9. The predicted octanol–water partition coefficient (Wildman–Crippen LogP) is 7.74. The van der Waals surface area contributed by atoms with Crippen molar-refractivity contribution < 1.29 is 63.0 Å². The summed E-state index contributed by atoms with van der Waals surface area (Å²) in [5, 5.41) is 33.0. The molecule has 0 aliphatic carbocycles. The minimum absolute atomic E-state index is 0.00223. The Morgan fingerprint density at radius 3 is 2.25 bits per heavy atom. The van der Waals surface area contributed by atoms with Gasteiger partial charge in [0.15, 0.2) is 5.78 Å².